The Bertz CT molecular complexity index is 978. The first kappa shape index (κ1) is 17.8. The maximum absolute atomic E-state index is 12.3. The molecule has 2 aromatic carbocycles. The molecule has 1 amide bonds. The first-order valence-corrected chi connectivity index (χ1v) is 7.99. The molecule has 1 heterocycles. The molecule has 0 unspecified atom stereocenters. The number of nitrogens with one attached hydrogen (secondary N) is 3. The summed E-state index contributed by atoms with van der Waals surface area (Å²) in [6.07, 6.45) is 1.17. The Hall–Kier alpha value is -4.01. The van der Waals surface area contributed by atoms with Gasteiger partial charge in [-0.05, 0) is 30.7 Å². The van der Waals surface area contributed by atoms with E-state index in [1.807, 2.05) is 12.1 Å². The second-order valence-corrected chi connectivity index (χ2v) is 5.56. The number of rotatable bonds is 6. The highest BCUT2D eigenvalue weighted by atomic mass is 16.6. The number of aryl methyl sites for hydroxylation is 1. The highest BCUT2D eigenvalue weighted by molar-refractivity contribution is 5.96. The lowest BCUT2D eigenvalue weighted by atomic mass is 10.1. The maximum atomic E-state index is 12.3. The molecule has 0 aliphatic rings. The van der Waals surface area contributed by atoms with E-state index in [9.17, 15) is 14.9 Å². The largest absolute Gasteiger partial charge is 0.355 e. The van der Waals surface area contributed by atoms with E-state index in [1.165, 1.54) is 6.33 Å². The average Bonchev–Trinajstić information content (AvgIpc) is 2.67. The van der Waals surface area contributed by atoms with E-state index in [2.05, 4.69) is 26.1 Å². The Kier molecular flexibility index (Phi) is 5.22. The molecule has 0 fully saturated rings. The highest BCUT2D eigenvalue weighted by Crippen LogP contribution is 2.30. The van der Waals surface area contributed by atoms with Crippen LogP contribution in [0.3, 0.4) is 0 Å². The molecule has 3 aromatic rings. The fourth-order valence-corrected chi connectivity index (χ4v) is 2.40. The fraction of sp³-hybridized carbons (Fsp3) is 0.0556. The average molecular weight is 364 g/mol. The van der Waals surface area contributed by atoms with Gasteiger partial charge in [0.15, 0.2) is 0 Å². The molecule has 0 radical (unpaired) electrons. The smallest absolute Gasteiger partial charge is 0.334 e. The second-order valence-electron chi connectivity index (χ2n) is 5.56. The molecule has 9 heteroatoms. The number of hydrogen-bond acceptors (Lipinski definition) is 7. The van der Waals surface area contributed by atoms with Crippen LogP contribution in [0.2, 0.25) is 0 Å². The van der Waals surface area contributed by atoms with Gasteiger partial charge in [-0.1, -0.05) is 36.4 Å². The van der Waals surface area contributed by atoms with E-state index in [0.717, 1.165) is 5.56 Å². The first-order chi connectivity index (χ1) is 13.1. The normalized spacial score (nSPS) is 10.1. The van der Waals surface area contributed by atoms with Gasteiger partial charge in [0.25, 0.3) is 5.91 Å². The van der Waals surface area contributed by atoms with E-state index in [4.69, 9.17) is 0 Å². The number of nitrogens with zero attached hydrogens (tertiary/aromatic N) is 3. The summed E-state index contributed by atoms with van der Waals surface area (Å²) in [6.45, 7) is 1.80. The van der Waals surface area contributed by atoms with Gasteiger partial charge in [0, 0.05) is 11.3 Å². The van der Waals surface area contributed by atoms with Crippen molar-refractivity contribution >= 4 is 28.9 Å². The zero-order chi connectivity index (χ0) is 19.2. The van der Waals surface area contributed by atoms with Gasteiger partial charge in [0.1, 0.15) is 6.33 Å². The lowest BCUT2D eigenvalue weighted by Crippen LogP contribution is -2.30. The van der Waals surface area contributed by atoms with Gasteiger partial charge in [-0.3, -0.25) is 25.8 Å². The van der Waals surface area contributed by atoms with Crippen LogP contribution in [0.1, 0.15) is 15.9 Å². The number of nitro groups is 1. The summed E-state index contributed by atoms with van der Waals surface area (Å²) >= 11 is 0. The minimum atomic E-state index is -0.618. The molecule has 0 bridgehead atoms. The van der Waals surface area contributed by atoms with Crippen molar-refractivity contribution in [3.63, 3.8) is 0 Å². The number of hydrogen-bond donors (Lipinski definition) is 3. The second kappa shape index (κ2) is 7.91. The number of carbonyl (C=O) groups is 1. The summed E-state index contributed by atoms with van der Waals surface area (Å²) in [5, 5.41) is 14.4. The predicted molar refractivity (Wildman–Crippen MR) is 101 cm³/mol. The molecule has 0 atom stereocenters. The number of hydrazine groups is 1. The molecular weight excluding hydrogens is 348 g/mol. The monoisotopic (exact) mass is 364 g/mol. The van der Waals surface area contributed by atoms with Crippen LogP contribution in [0.25, 0.3) is 0 Å². The number of aromatic nitrogens is 2. The van der Waals surface area contributed by atoms with Crippen LogP contribution in [0.4, 0.5) is 23.0 Å². The summed E-state index contributed by atoms with van der Waals surface area (Å²) < 4.78 is 0. The Morgan fingerprint density at radius 1 is 1.00 bits per heavy atom. The van der Waals surface area contributed by atoms with Gasteiger partial charge in [-0.2, -0.15) is 0 Å². The van der Waals surface area contributed by atoms with Crippen LogP contribution in [0.5, 0.6) is 0 Å². The topological polar surface area (TPSA) is 122 Å². The number of benzene rings is 2. The molecule has 3 rings (SSSR count). The summed E-state index contributed by atoms with van der Waals surface area (Å²) in [7, 11) is 0. The van der Waals surface area contributed by atoms with Gasteiger partial charge in [-0.25, -0.2) is 9.97 Å². The molecule has 3 N–H and O–H groups in total. The number of carbonyl (C=O) groups excluding carboxylic acids is 1. The third-order valence-electron chi connectivity index (χ3n) is 3.73. The molecule has 0 aliphatic carbocycles. The highest BCUT2D eigenvalue weighted by Gasteiger charge is 2.23. The maximum Gasteiger partial charge on any atom is 0.355 e. The van der Waals surface area contributed by atoms with Gasteiger partial charge in [0.2, 0.25) is 11.6 Å². The molecule has 0 saturated heterocycles. The van der Waals surface area contributed by atoms with Crippen LogP contribution < -0.4 is 16.2 Å². The van der Waals surface area contributed by atoms with E-state index < -0.39 is 10.8 Å². The van der Waals surface area contributed by atoms with E-state index in [1.54, 1.807) is 49.4 Å². The Balaban J connectivity index is 1.83. The molecule has 0 aliphatic heterocycles. The quantitative estimate of drug-likeness (QED) is 0.453. The van der Waals surface area contributed by atoms with Gasteiger partial charge in [0.05, 0.1) is 4.92 Å². The van der Waals surface area contributed by atoms with Crippen LogP contribution in [0, 0.1) is 17.0 Å². The standard InChI is InChI=1S/C18H16N6O3/c1-12-7-5-6-10-14(12)18(25)23-22-17-15(24(26)27)16(19-11-20-17)21-13-8-3-2-4-9-13/h2-11H,1H3,(H,23,25)(H2,19,20,21,22). The minimum Gasteiger partial charge on any atom is -0.334 e. The summed E-state index contributed by atoms with van der Waals surface area (Å²) in [6, 6.07) is 15.9. The molecular formula is C18H16N6O3. The molecule has 136 valence electrons. The molecule has 0 spiro atoms. The van der Waals surface area contributed by atoms with Crippen molar-refractivity contribution in [1.29, 1.82) is 0 Å². The van der Waals surface area contributed by atoms with Gasteiger partial charge >= 0.3 is 5.69 Å². The Morgan fingerprint density at radius 2 is 1.67 bits per heavy atom. The van der Waals surface area contributed by atoms with Gasteiger partial charge < -0.3 is 5.32 Å². The van der Waals surface area contributed by atoms with Crippen molar-refractivity contribution in [3.8, 4) is 0 Å². The zero-order valence-electron chi connectivity index (χ0n) is 14.3. The molecule has 1 aromatic heterocycles. The number of amides is 1. The van der Waals surface area contributed by atoms with Crippen molar-refractivity contribution in [2.24, 2.45) is 0 Å². The Labute approximate surface area is 154 Å². The van der Waals surface area contributed by atoms with Crippen molar-refractivity contribution in [3.05, 3.63) is 82.2 Å². The lowest BCUT2D eigenvalue weighted by molar-refractivity contribution is -0.383. The molecule has 27 heavy (non-hydrogen) atoms. The SMILES string of the molecule is Cc1ccccc1C(=O)NNc1ncnc(Nc2ccccc2)c1[N+](=O)[O-]. The third kappa shape index (κ3) is 4.15. The van der Waals surface area contributed by atoms with Crippen molar-refractivity contribution < 1.29 is 9.72 Å². The first-order valence-electron chi connectivity index (χ1n) is 7.99. The number of para-hydroxylation sites is 1. The van der Waals surface area contributed by atoms with Gasteiger partial charge in [-0.15, -0.1) is 0 Å². The molecule has 9 nitrogen and oxygen atoms in total. The van der Waals surface area contributed by atoms with Crippen LogP contribution in [-0.2, 0) is 0 Å². The lowest BCUT2D eigenvalue weighted by Gasteiger charge is -2.11. The van der Waals surface area contributed by atoms with Crippen LogP contribution in [-0.4, -0.2) is 20.8 Å². The zero-order valence-corrected chi connectivity index (χ0v) is 14.3. The minimum absolute atomic E-state index is 0.00819. The van der Waals surface area contributed by atoms with E-state index >= 15 is 0 Å². The van der Waals surface area contributed by atoms with E-state index in [0.29, 0.717) is 11.3 Å². The summed E-state index contributed by atoms with van der Waals surface area (Å²) in [4.78, 5) is 31.0. The predicted octanol–water partition coefficient (Wildman–Crippen LogP) is 3.19. The van der Waals surface area contributed by atoms with Crippen molar-refractivity contribution in [2.45, 2.75) is 6.92 Å². The summed E-state index contributed by atoms with van der Waals surface area (Å²) in [5.74, 6) is -0.553. The van der Waals surface area contributed by atoms with Crippen molar-refractivity contribution in [1.82, 2.24) is 15.4 Å². The third-order valence-corrected chi connectivity index (χ3v) is 3.73. The van der Waals surface area contributed by atoms with Crippen molar-refractivity contribution in [2.75, 3.05) is 10.7 Å². The van der Waals surface area contributed by atoms with Crippen LogP contribution >= 0.6 is 0 Å². The Morgan fingerprint density at radius 3 is 2.37 bits per heavy atom. The van der Waals surface area contributed by atoms with E-state index in [-0.39, 0.29) is 17.3 Å². The fourth-order valence-electron chi connectivity index (χ4n) is 2.40. The molecule has 0 saturated carbocycles. The summed E-state index contributed by atoms with van der Waals surface area (Å²) in [5.41, 5.74) is 6.42. The number of anilines is 3. The van der Waals surface area contributed by atoms with Crippen LogP contribution in [0.15, 0.2) is 60.9 Å².